The lowest BCUT2D eigenvalue weighted by Gasteiger charge is -2.01. The van der Waals surface area contributed by atoms with E-state index in [1.54, 1.807) is 0 Å². The van der Waals surface area contributed by atoms with Crippen molar-refractivity contribution in [1.29, 1.82) is 0 Å². The van der Waals surface area contributed by atoms with Gasteiger partial charge in [-0.3, -0.25) is 5.10 Å². The molecule has 14 heavy (non-hydrogen) atoms. The number of hydrogen-bond donors (Lipinski definition) is 2. The maximum Gasteiger partial charge on any atom is 0.347 e. The highest BCUT2D eigenvalue weighted by Gasteiger charge is 2.05. The normalized spacial score (nSPS) is 10.4. The van der Waals surface area contributed by atoms with E-state index < -0.39 is 0 Å². The maximum absolute atomic E-state index is 11.4. The maximum atomic E-state index is 11.4. The zero-order valence-corrected chi connectivity index (χ0v) is 9.93. The molecule has 0 fully saturated rings. The zero-order valence-electron chi connectivity index (χ0n) is 6.95. The zero-order chi connectivity index (χ0) is 10.1. The third kappa shape index (κ3) is 1.55. The van der Waals surface area contributed by atoms with Crippen LogP contribution in [0, 0.1) is 8.34 Å². The van der Waals surface area contributed by atoms with Crippen LogP contribution in [0.4, 0.5) is 0 Å². The summed E-state index contributed by atoms with van der Waals surface area (Å²) in [4.78, 5) is 11.4. The molecule has 0 amide bonds. The largest absolute Gasteiger partial charge is 0.347 e. The number of halogens is 1. The van der Waals surface area contributed by atoms with Gasteiger partial charge in [0, 0.05) is 3.57 Å². The molecule has 1 aromatic heterocycles. The number of para-hydroxylation sites is 1. The topological polar surface area (TPSA) is 53.6 Å². The molecule has 0 saturated carbocycles. The highest BCUT2D eigenvalue weighted by molar-refractivity contribution is 14.1. The molecule has 72 valence electrons. The predicted octanol–water partition coefficient (Wildman–Crippen LogP) is 1.83. The predicted molar refractivity (Wildman–Crippen MR) is 64.3 cm³/mol. The Bertz CT molecular complexity index is 541. The van der Waals surface area contributed by atoms with Gasteiger partial charge >= 0.3 is 5.69 Å². The fourth-order valence-corrected chi connectivity index (χ4v) is 2.02. The van der Waals surface area contributed by atoms with E-state index in [0.717, 1.165) is 9.26 Å². The molecule has 0 bridgehead atoms. The summed E-state index contributed by atoms with van der Waals surface area (Å²) in [5, 5.41) is 5.04. The molecule has 0 aliphatic rings. The van der Waals surface area contributed by atoms with Crippen molar-refractivity contribution in [2.75, 3.05) is 0 Å². The molecule has 0 saturated heterocycles. The summed E-state index contributed by atoms with van der Waals surface area (Å²) >= 11 is 7.15. The number of benzene rings is 1. The Morgan fingerprint density at radius 1 is 1.29 bits per heavy atom. The molecule has 0 unspecified atom stereocenters. The molecule has 2 N–H and O–H groups in total. The van der Waals surface area contributed by atoms with Gasteiger partial charge in [0.2, 0.25) is 4.77 Å². The summed E-state index contributed by atoms with van der Waals surface area (Å²) in [6.45, 7) is 0. The van der Waals surface area contributed by atoms with Crippen molar-refractivity contribution in [2.45, 2.75) is 0 Å². The third-order valence-corrected chi connectivity index (χ3v) is 2.97. The molecule has 1 heterocycles. The summed E-state index contributed by atoms with van der Waals surface area (Å²) in [7, 11) is 0. The van der Waals surface area contributed by atoms with Crippen molar-refractivity contribution in [3.8, 4) is 5.69 Å². The molecule has 6 heteroatoms. The number of nitrogens with zero attached hydrogens (tertiary/aromatic N) is 1. The average molecular weight is 319 g/mol. The van der Waals surface area contributed by atoms with Crippen LogP contribution in [0.2, 0.25) is 0 Å². The Morgan fingerprint density at radius 2 is 2.00 bits per heavy atom. The first-order chi connectivity index (χ1) is 6.70. The molecule has 2 aromatic rings. The SMILES string of the molecule is O=c1[nH][nH]c(=S)n1-c1ccccc1I. The van der Waals surface area contributed by atoms with Crippen molar-refractivity contribution in [2.24, 2.45) is 0 Å². The number of nitrogens with one attached hydrogen (secondary N) is 2. The second kappa shape index (κ2) is 3.70. The summed E-state index contributed by atoms with van der Waals surface area (Å²) in [5.41, 5.74) is 0.541. The van der Waals surface area contributed by atoms with Gasteiger partial charge in [-0.1, -0.05) is 12.1 Å². The molecule has 1 aromatic carbocycles. The smallest absolute Gasteiger partial charge is 0.272 e. The van der Waals surface area contributed by atoms with E-state index >= 15 is 0 Å². The standard InChI is InChI=1S/C8H6IN3OS/c9-5-3-1-2-4-6(5)12-7(13)10-11-8(12)14/h1-4H,(H,10,13)(H,11,14). The van der Waals surface area contributed by atoms with Crippen LogP contribution in [0.15, 0.2) is 29.1 Å². The van der Waals surface area contributed by atoms with E-state index in [-0.39, 0.29) is 5.69 Å². The van der Waals surface area contributed by atoms with Crippen LogP contribution in [0.3, 0.4) is 0 Å². The Labute approximate surface area is 98.1 Å². The van der Waals surface area contributed by atoms with Crippen LogP contribution in [0.5, 0.6) is 0 Å². The second-order valence-electron chi connectivity index (χ2n) is 2.65. The van der Waals surface area contributed by atoms with E-state index in [0.29, 0.717) is 4.77 Å². The Hall–Kier alpha value is -0.890. The highest BCUT2D eigenvalue weighted by atomic mass is 127. The molecule has 0 aliphatic carbocycles. The second-order valence-corrected chi connectivity index (χ2v) is 4.20. The average Bonchev–Trinajstić information content (AvgIpc) is 2.48. The minimum Gasteiger partial charge on any atom is -0.272 e. The van der Waals surface area contributed by atoms with Crippen LogP contribution in [-0.4, -0.2) is 14.8 Å². The monoisotopic (exact) mass is 319 g/mol. The van der Waals surface area contributed by atoms with Crippen LogP contribution < -0.4 is 5.69 Å². The Kier molecular flexibility index (Phi) is 2.55. The van der Waals surface area contributed by atoms with E-state index in [1.807, 2.05) is 24.3 Å². The minimum atomic E-state index is -0.251. The van der Waals surface area contributed by atoms with E-state index in [2.05, 4.69) is 32.8 Å². The minimum absolute atomic E-state index is 0.251. The molecule has 0 aliphatic heterocycles. The van der Waals surface area contributed by atoms with E-state index in [9.17, 15) is 4.79 Å². The molecule has 0 spiro atoms. The summed E-state index contributed by atoms with van der Waals surface area (Å²) in [6, 6.07) is 7.55. The summed E-state index contributed by atoms with van der Waals surface area (Å²) in [6.07, 6.45) is 0. The lowest BCUT2D eigenvalue weighted by atomic mass is 10.3. The van der Waals surface area contributed by atoms with Crippen LogP contribution in [-0.2, 0) is 0 Å². The number of H-pyrrole nitrogens is 2. The first kappa shape index (κ1) is 9.66. The van der Waals surface area contributed by atoms with Gasteiger partial charge in [0.1, 0.15) is 0 Å². The summed E-state index contributed by atoms with van der Waals surface area (Å²) in [5.74, 6) is 0. The number of hydrogen-bond acceptors (Lipinski definition) is 2. The molecule has 0 radical (unpaired) electrons. The van der Waals surface area contributed by atoms with Crippen molar-refractivity contribution in [3.63, 3.8) is 0 Å². The molecule has 2 rings (SSSR count). The highest BCUT2D eigenvalue weighted by Crippen LogP contribution is 2.14. The van der Waals surface area contributed by atoms with Gasteiger partial charge in [-0.2, -0.15) is 0 Å². The van der Waals surface area contributed by atoms with Gasteiger partial charge in [-0.25, -0.2) is 14.5 Å². The van der Waals surface area contributed by atoms with E-state index in [1.165, 1.54) is 4.57 Å². The van der Waals surface area contributed by atoms with Gasteiger partial charge < -0.3 is 0 Å². The van der Waals surface area contributed by atoms with Crippen molar-refractivity contribution in [3.05, 3.63) is 43.1 Å². The summed E-state index contributed by atoms with van der Waals surface area (Å²) < 4.78 is 2.78. The first-order valence-electron chi connectivity index (χ1n) is 3.85. The van der Waals surface area contributed by atoms with Crippen molar-refractivity contribution < 1.29 is 0 Å². The third-order valence-electron chi connectivity index (χ3n) is 1.78. The molecule has 0 atom stereocenters. The fourth-order valence-electron chi connectivity index (χ4n) is 1.16. The van der Waals surface area contributed by atoms with Gasteiger partial charge in [0.15, 0.2) is 0 Å². The van der Waals surface area contributed by atoms with Crippen LogP contribution in [0.25, 0.3) is 5.69 Å². The molecule has 4 nitrogen and oxygen atoms in total. The number of aromatic amines is 2. The number of aromatic nitrogens is 3. The van der Waals surface area contributed by atoms with Crippen LogP contribution in [0.1, 0.15) is 0 Å². The van der Waals surface area contributed by atoms with Crippen molar-refractivity contribution in [1.82, 2.24) is 14.8 Å². The first-order valence-corrected chi connectivity index (χ1v) is 5.33. The lowest BCUT2D eigenvalue weighted by molar-refractivity contribution is 0.969. The Morgan fingerprint density at radius 3 is 2.57 bits per heavy atom. The van der Waals surface area contributed by atoms with Gasteiger partial charge in [0.05, 0.1) is 5.69 Å². The van der Waals surface area contributed by atoms with Crippen molar-refractivity contribution >= 4 is 34.8 Å². The Balaban J connectivity index is 2.79. The van der Waals surface area contributed by atoms with Gasteiger partial charge in [0.25, 0.3) is 0 Å². The van der Waals surface area contributed by atoms with E-state index in [4.69, 9.17) is 12.2 Å². The number of rotatable bonds is 1. The quantitative estimate of drug-likeness (QED) is 0.622. The lowest BCUT2D eigenvalue weighted by Crippen LogP contribution is -2.15. The molecular weight excluding hydrogens is 313 g/mol. The van der Waals surface area contributed by atoms with Crippen LogP contribution >= 0.6 is 34.8 Å². The molecular formula is C8H6IN3OS. The van der Waals surface area contributed by atoms with Gasteiger partial charge in [-0.05, 0) is 46.9 Å². The fraction of sp³-hybridized carbons (Fsp3) is 0. The van der Waals surface area contributed by atoms with Gasteiger partial charge in [-0.15, -0.1) is 0 Å².